The van der Waals surface area contributed by atoms with E-state index >= 15 is 0 Å². The van der Waals surface area contributed by atoms with E-state index < -0.39 is 11.9 Å². The number of hydrogen-bond donors (Lipinski definition) is 1. The molecule has 0 aliphatic carbocycles. The highest BCUT2D eigenvalue weighted by Crippen LogP contribution is 2.27. The van der Waals surface area contributed by atoms with E-state index in [1.807, 2.05) is 0 Å². The molecule has 0 atom stereocenters. The van der Waals surface area contributed by atoms with Gasteiger partial charge in [0.1, 0.15) is 5.69 Å². The maximum Gasteiger partial charge on any atom is 0.433 e. The van der Waals surface area contributed by atoms with Gasteiger partial charge in [0.25, 0.3) is 0 Å². The fourth-order valence-electron chi connectivity index (χ4n) is 0.894. The Morgan fingerprint density at radius 3 is 2.71 bits per heavy atom. The summed E-state index contributed by atoms with van der Waals surface area (Å²) >= 11 is 0. The lowest BCUT2D eigenvalue weighted by Crippen LogP contribution is -2.07. The topological polar surface area (TPSA) is 33.1 Å². The van der Waals surface area contributed by atoms with Crippen LogP contribution in [0.5, 0.6) is 0 Å². The molecule has 0 bridgehead atoms. The monoisotopic (exact) mass is 203 g/mol. The molecule has 1 heterocycles. The van der Waals surface area contributed by atoms with Crippen LogP contribution in [0, 0.1) is 0 Å². The molecule has 0 fully saturated rings. The van der Waals surface area contributed by atoms with Crippen molar-refractivity contribution in [3.63, 3.8) is 0 Å². The third kappa shape index (κ3) is 2.85. The van der Waals surface area contributed by atoms with Crippen molar-refractivity contribution in [3.8, 4) is 0 Å². The van der Waals surface area contributed by atoms with Crippen LogP contribution in [-0.4, -0.2) is 16.7 Å². The minimum absolute atomic E-state index is 0.205. The Morgan fingerprint density at radius 1 is 1.43 bits per heavy atom. The van der Waals surface area contributed by atoms with Gasteiger partial charge in [-0.05, 0) is 17.7 Å². The van der Waals surface area contributed by atoms with Gasteiger partial charge in [0.2, 0.25) is 0 Å². The summed E-state index contributed by atoms with van der Waals surface area (Å²) in [5.41, 5.74) is -0.570. The predicted molar refractivity (Wildman–Crippen MR) is 45.4 cm³/mol. The first-order valence-corrected chi connectivity index (χ1v) is 3.84. The van der Waals surface area contributed by atoms with Crippen LogP contribution in [0.15, 0.2) is 24.4 Å². The Morgan fingerprint density at radius 2 is 2.14 bits per heavy atom. The number of rotatable bonds is 2. The molecule has 0 saturated heterocycles. The van der Waals surface area contributed by atoms with Crippen molar-refractivity contribution < 1.29 is 18.3 Å². The Labute approximate surface area is 78.7 Å². The molecule has 0 aromatic carbocycles. The molecule has 0 unspecified atom stereocenters. The van der Waals surface area contributed by atoms with Gasteiger partial charge < -0.3 is 5.11 Å². The van der Waals surface area contributed by atoms with Crippen LogP contribution in [0.1, 0.15) is 11.3 Å². The van der Waals surface area contributed by atoms with Crippen molar-refractivity contribution in [1.82, 2.24) is 4.98 Å². The van der Waals surface area contributed by atoms with E-state index in [2.05, 4.69) is 4.98 Å². The zero-order chi connectivity index (χ0) is 10.6. The molecule has 1 rings (SSSR count). The van der Waals surface area contributed by atoms with E-state index in [1.54, 1.807) is 0 Å². The number of hydrogen-bond acceptors (Lipinski definition) is 2. The quantitative estimate of drug-likeness (QED) is 0.798. The molecule has 1 aromatic heterocycles. The minimum Gasteiger partial charge on any atom is -0.392 e. The molecular weight excluding hydrogens is 195 g/mol. The van der Waals surface area contributed by atoms with Gasteiger partial charge >= 0.3 is 6.18 Å². The molecular formula is C9H8F3NO. The lowest BCUT2D eigenvalue weighted by Gasteiger charge is -2.05. The van der Waals surface area contributed by atoms with E-state index in [1.165, 1.54) is 18.2 Å². The van der Waals surface area contributed by atoms with E-state index in [-0.39, 0.29) is 6.61 Å². The Balaban J connectivity index is 2.96. The van der Waals surface area contributed by atoms with E-state index in [0.29, 0.717) is 5.56 Å². The Kier molecular flexibility index (Phi) is 3.24. The maximum absolute atomic E-state index is 12.2. The number of pyridine rings is 1. The SMILES string of the molecule is OCC=Cc1ccnc(C(F)(F)F)c1. The first kappa shape index (κ1) is 10.7. The third-order valence-electron chi connectivity index (χ3n) is 1.49. The van der Waals surface area contributed by atoms with Gasteiger partial charge in [0.05, 0.1) is 6.61 Å². The predicted octanol–water partition coefficient (Wildman–Crippen LogP) is 2.11. The fraction of sp³-hybridized carbons (Fsp3) is 0.222. The van der Waals surface area contributed by atoms with Gasteiger partial charge in [-0.3, -0.25) is 4.98 Å². The van der Waals surface area contributed by atoms with E-state index in [4.69, 9.17) is 5.11 Å². The second kappa shape index (κ2) is 4.23. The molecule has 0 aliphatic rings. The van der Waals surface area contributed by atoms with E-state index in [0.717, 1.165) is 12.3 Å². The van der Waals surface area contributed by atoms with Crippen LogP contribution in [0.2, 0.25) is 0 Å². The molecule has 0 spiro atoms. The molecule has 0 aliphatic heterocycles. The molecule has 0 saturated carbocycles. The van der Waals surface area contributed by atoms with Crippen LogP contribution in [0.4, 0.5) is 13.2 Å². The first-order chi connectivity index (χ1) is 6.54. The first-order valence-electron chi connectivity index (χ1n) is 3.84. The standard InChI is InChI=1S/C9H8F3NO/c10-9(11,12)8-6-7(2-1-5-14)3-4-13-8/h1-4,6,14H,5H2. The lowest BCUT2D eigenvalue weighted by atomic mass is 10.2. The molecule has 1 N–H and O–H groups in total. The molecule has 2 nitrogen and oxygen atoms in total. The minimum atomic E-state index is -4.43. The number of aromatic nitrogens is 1. The second-order valence-corrected chi connectivity index (χ2v) is 2.56. The number of alkyl halides is 3. The number of halogens is 3. The summed E-state index contributed by atoms with van der Waals surface area (Å²) in [7, 11) is 0. The summed E-state index contributed by atoms with van der Waals surface area (Å²) in [5, 5.41) is 8.43. The maximum atomic E-state index is 12.2. The number of nitrogens with zero attached hydrogens (tertiary/aromatic N) is 1. The van der Waals surface area contributed by atoms with E-state index in [9.17, 15) is 13.2 Å². The summed E-state index contributed by atoms with van der Waals surface area (Å²) in [6.45, 7) is -0.205. The lowest BCUT2D eigenvalue weighted by molar-refractivity contribution is -0.141. The molecule has 5 heteroatoms. The second-order valence-electron chi connectivity index (χ2n) is 2.56. The summed E-state index contributed by atoms with van der Waals surface area (Å²) in [6.07, 6.45) is -0.588. The summed E-state index contributed by atoms with van der Waals surface area (Å²) in [4.78, 5) is 3.20. The van der Waals surface area contributed by atoms with Gasteiger partial charge in [0.15, 0.2) is 0 Å². The van der Waals surface area contributed by atoms with Gasteiger partial charge in [-0.15, -0.1) is 0 Å². The highest BCUT2D eigenvalue weighted by atomic mass is 19.4. The Hall–Kier alpha value is -1.36. The van der Waals surface area contributed by atoms with Gasteiger partial charge in [-0.2, -0.15) is 13.2 Å². The molecule has 1 aromatic rings. The summed E-state index contributed by atoms with van der Waals surface area (Å²) < 4.78 is 36.5. The summed E-state index contributed by atoms with van der Waals surface area (Å²) in [6, 6.07) is 2.35. The smallest absolute Gasteiger partial charge is 0.392 e. The van der Waals surface area contributed by atoms with Crippen LogP contribution in [-0.2, 0) is 6.18 Å². The normalized spacial score (nSPS) is 12.3. The van der Waals surface area contributed by atoms with Crippen molar-refractivity contribution in [2.75, 3.05) is 6.61 Å². The van der Waals surface area contributed by atoms with Gasteiger partial charge in [-0.1, -0.05) is 12.2 Å². The molecule has 76 valence electrons. The molecule has 0 amide bonds. The highest BCUT2D eigenvalue weighted by molar-refractivity contribution is 5.49. The van der Waals surface area contributed by atoms with Crippen molar-refractivity contribution in [1.29, 1.82) is 0 Å². The number of aliphatic hydroxyl groups is 1. The fourth-order valence-corrected chi connectivity index (χ4v) is 0.894. The van der Waals surface area contributed by atoms with Crippen LogP contribution in [0.3, 0.4) is 0 Å². The average molecular weight is 203 g/mol. The van der Waals surface area contributed by atoms with Crippen molar-refractivity contribution in [3.05, 3.63) is 35.7 Å². The summed E-state index contributed by atoms with van der Waals surface area (Å²) in [5.74, 6) is 0. The largest absolute Gasteiger partial charge is 0.433 e. The zero-order valence-electron chi connectivity index (χ0n) is 7.12. The van der Waals surface area contributed by atoms with Gasteiger partial charge in [-0.25, -0.2) is 0 Å². The van der Waals surface area contributed by atoms with Crippen LogP contribution in [0.25, 0.3) is 6.08 Å². The van der Waals surface area contributed by atoms with Crippen molar-refractivity contribution in [2.45, 2.75) is 6.18 Å². The highest BCUT2D eigenvalue weighted by Gasteiger charge is 2.32. The third-order valence-corrected chi connectivity index (χ3v) is 1.49. The average Bonchev–Trinajstić information content (AvgIpc) is 2.14. The number of aliphatic hydroxyl groups excluding tert-OH is 1. The van der Waals surface area contributed by atoms with Crippen molar-refractivity contribution in [2.24, 2.45) is 0 Å². The van der Waals surface area contributed by atoms with Crippen molar-refractivity contribution >= 4 is 6.08 Å². The van der Waals surface area contributed by atoms with Crippen LogP contribution >= 0.6 is 0 Å². The van der Waals surface area contributed by atoms with Gasteiger partial charge in [0, 0.05) is 6.20 Å². The zero-order valence-corrected chi connectivity index (χ0v) is 7.12. The Bertz CT molecular complexity index is 333. The molecule has 14 heavy (non-hydrogen) atoms. The molecule has 0 radical (unpaired) electrons. The van der Waals surface area contributed by atoms with Crippen LogP contribution < -0.4 is 0 Å².